The van der Waals surface area contributed by atoms with Crippen LogP contribution >= 0.6 is 0 Å². The lowest BCUT2D eigenvalue weighted by Gasteiger charge is -2.00. The van der Waals surface area contributed by atoms with Crippen molar-refractivity contribution in [3.05, 3.63) is 42.2 Å². The Balaban J connectivity index is 2.29. The molecular weight excluding hydrogens is 178 g/mol. The zero-order valence-corrected chi connectivity index (χ0v) is 7.94. The molecule has 1 rings (SSSR count). The van der Waals surface area contributed by atoms with E-state index in [1.54, 1.807) is 6.20 Å². The highest BCUT2D eigenvalue weighted by Crippen LogP contribution is 2.06. The van der Waals surface area contributed by atoms with Gasteiger partial charge in [0.15, 0.2) is 0 Å². The van der Waals surface area contributed by atoms with Gasteiger partial charge in [0.05, 0.1) is 0 Å². The number of pyridine rings is 1. The fourth-order valence-electron chi connectivity index (χ4n) is 1.14. The van der Waals surface area contributed by atoms with E-state index < -0.39 is 5.97 Å². The van der Waals surface area contributed by atoms with Crippen LogP contribution in [-0.2, 0) is 11.2 Å². The lowest BCUT2D eigenvalue weighted by molar-refractivity contribution is -0.132. The largest absolute Gasteiger partial charge is 0.478 e. The number of rotatable bonds is 5. The van der Waals surface area contributed by atoms with Crippen LogP contribution in [0.5, 0.6) is 0 Å². The monoisotopic (exact) mass is 191 g/mol. The second-order valence-electron chi connectivity index (χ2n) is 3.08. The summed E-state index contributed by atoms with van der Waals surface area (Å²) in [7, 11) is 0. The molecule has 0 bridgehead atoms. The molecule has 0 fully saturated rings. The molecule has 3 heteroatoms. The molecule has 0 aliphatic carbocycles. The van der Waals surface area contributed by atoms with Gasteiger partial charge in [-0.25, -0.2) is 4.79 Å². The molecular formula is C11H13NO2. The second-order valence-corrected chi connectivity index (χ2v) is 3.08. The van der Waals surface area contributed by atoms with Crippen molar-refractivity contribution in [3.63, 3.8) is 0 Å². The number of carbonyl (C=O) groups is 1. The Morgan fingerprint density at radius 3 is 2.86 bits per heavy atom. The Morgan fingerprint density at radius 1 is 1.50 bits per heavy atom. The summed E-state index contributed by atoms with van der Waals surface area (Å²) < 4.78 is 0. The van der Waals surface area contributed by atoms with Gasteiger partial charge in [0.1, 0.15) is 0 Å². The van der Waals surface area contributed by atoms with Gasteiger partial charge in [-0.15, -0.1) is 0 Å². The molecule has 0 saturated heterocycles. The van der Waals surface area contributed by atoms with Gasteiger partial charge in [0, 0.05) is 17.5 Å². The molecule has 0 saturated carbocycles. The van der Waals surface area contributed by atoms with Gasteiger partial charge in [-0.1, -0.05) is 12.6 Å². The number of hydrogen-bond donors (Lipinski definition) is 1. The van der Waals surface area contributed by atoms with Gasteiger partial charge >= 0.3 is 5.97 Å². The summed E-state index contributed by atoms with van der Waals surface area (Å²) in [6.07, 6.45) is 3.84. The van der Waals surface area contributed by atoms with Gasteiger partial charge in [-0.2, -0.15) is 0 Å². The van der Waals surface area contributed by atoms with E-state index in [2.05, 4.69) is 11.6 Å². The smallest absolute Gasteiger partial charge is 0.330 e. The lowest BCUT2D eigenvalue weighted by Crippen LogP contribution is -1.99. The molecule has 0 aliphatic rings. The summed E-state index contributed by atoms with van der Waals surface area (Å²) in [5, 5.41) is 8.56. The van der Waals surface area contributed by atoms with Crippen LogP contribution in [0.25, 0.3) is 0 Å². The third-order valence-corrected chi connectivity index (χ3v) is 1.94. The third-order valence-electron chi connectivity index (χ3n) is 1.94. The topological polar surface area (TPSA) is 50.2 Å². The van der Waals surface area contributed by atoms with Crippen LogP contribution in [-0.4, -0.2) is 16.1 Å². The minimum Gasteiger partial charge on any atom is -0.478 e. The first-order valence-electron chi connectivity index (χ1n) is 4.51. The Kier molecular flexibility index (Phi) is 3.85. The highest BCUT2D eigenvalue weighted by molar-refractivity contribution is 5.85. The molecule has 0 aliphatic heterocycles. The van der Waals surface area contributed by atoms with Crippen LogP contribution in [0.15, 0.2) is 36.5 Å². The van der Waals surface area contributed by atoms with E-state index in [0.29, 0.717) is 6.42 Å². The maximum atomic E-state index is 10.4. The highest BCUT2D eigenvalue weighted by Gasteiger charge is 2.03. The molecule has 0 atom stereocenters. The first kappa shape index (κ1) is 10.4. The van der Waals surface area contributed by atoms with Crippen molar-refractivity contribution in [2.75, 3.05) is 0 Å². The van der Waals surface area contributed by atoms with Crippen LogP contribution in [0.2, 0.25) is 0 Å². The van der Waals surface area contributed by atoms with Crippen LogP contribution in [0.3, 0.4) is 0 Å². The van der Waals surface area contributed by atoms with Crippen molar-refractivity contribution in [2.45, 2.75) is 19.3 Å². The van der Waals surface area contributed by atoms with Crippen LogP contribution in [0.1, 0.15) is 18.5 Å². The molecule has 1 aromatic rings. The Morgan fingerprint density at radius 2 is 2.29 bits per heavy atom. The predicted octanol–water partition coefficient (Wildman–Crippen LogP) is 2.05. The first-order chi connectivity index (χ1) is 6.70. The van der Waals surface area contributed by atoms with Crippen LogP contribution < -0.4 is 0 Å². The number of hydrogen-bond acceptors (Lipinski definition) is 2. The molecule has 14 heavy (non-hydrogen) atoms. The summed E-state index contributed by atoms with van der Waals surface area (Å²) in [5.41, 5.74) is 1.26. The van der Waals surface area contributed by atoms with Gasteiger partial charge in [0.25, 0.3) is 0 Å². The number of aliphatic carboxylic acids is 1. The molecule has 0 radical (unpaired) electrons. The molecule has 1 aromatic heterocycles. The van der Waals surface area contributed by atoms with Crippen molar-refractivity contribution in [1.82, 2.24) is 4.98 Å². The van der Waals surface area contributed by atoms with Crippen LogP contribution in [0, 0.1) is 0 Å². The molecule has 1 heterocycles. The average Bonchev–Trinajstić information content (AvgIpc) is 2.19. The number of carboxylic acid groups (broad SMARTS) is 1. The van der Waals surface area contributed by atoms with E-state index in [4.69, 9.17) is 5.11 Å². The third kappa shape index (κ3) is 3.39. The van der Waals surface area contributed by atoms with E-state index >= 15 is 0 Å². The van der Waals surface area contributed by atoms with Crippen molar-refractivity contribution < 1.29 is 9.90 Å². The molecule has 0 unspecified atom stereocenters. The Hall–Kier alpha value is -1.64. The van der Waals surface area contributed by atoms with E-state index in [0.717, 1.165) is 18.5 Å². The summed E-state index contributed by atoms with van der Waals surface area (Å²) in [6.45, 7) is 3.47. The van der Waals surface area contributed by atoms with E-state index in [-0.39, 0.29) is 5.57 Å². The molecule has 0 aromatic carbocycles. The van der Waals surface area contributed by atoms with E-state index in [9.17, 15) is 4.79 Å². The fourth-order valence-corrected chi connectivity index (χ4v) is 1.14. The van der Waals surface area contributed by atoms with E-state index in [1.165, 1.54) is 0 Å². The van der Waals surface area contributed by atoms with Crippen molar-refractivity contribution in [3.8, 4) is 0 Å². The Labute approximate surface area is 83.1 Å². The molecule has 74 valence electrons. The number of aryl methyl sites for hydroxylation is 1. The van der Waals surface area contributed by atoms with Gasteiger partial charge in [-0.05, 0) is 31.4 Å². The normalized spacial score (nSPS) is 9.71. The van der Waals surface area contributed by atoms with Gasteiger partial charge in [-0.3, -0.25) is 4.98 Å². The van der Waals surface area contributed by atoms with Gasteiger partial charge < -0.3 is 5.11 Å². The summed E-state index contributed by atoms with van der Waals surface area (Å²) in [4.78, 5) is 14.6. The molecule has 0 spiro atoms. The standard InChI is InChI=1S/C11H13NO2/c1-9(11(13)14)5-4-7-10-6-2-3-8-12-10/h2-3,6,8H,1,4-5,7H2,(H,13,14). The van der Waals surface area contributed by atoms with Crippen molar-refractivity contribution in [2.24, 2.45) is 0 Å². The average molecular weight is 191 g/mol. The molecule has 0 amide bonds. The van der Waals surface area contributed by atoms with Crippen LogP contribution in [0.4, 0.5) is 0 Å². The van der Waals surface area contributed by atoms with Crippen molar-refractivity contribution in [1.29, 1.82) is 0 Å². The summed E-state index contributed by atoms with van der Waals surface area (Å²) in [6, 6.07) is 5.72. The molecule has 3 nitrogen and oxygen atoms in total. The summed E-state index contributed by atoms with van der Waals surface area (Å²) >= 11 is 0. The number of aromatic nitrogens is 1. The highest BCUT2D eigenvalue weighted by atomic mass is 16.4. The lowest BCUT2D eigenvalue weighted by atomic mass is 10.1. The number of nitrogens with zero attached hydrogens (tertiary/aromatic N) is 1. The zero-order chi connectivity index (χ0) is 10.4. The van der Waals surface area contributed by atoms with Crippen molar-refractivity contribution >= 4 is 5.97 Å². The molecule has 1 N–H and O–H groups in total. The number of carboxylic acids is 1. The SMILES string of the molecule is C=C(CCCc1ccccn1)C(=O)O. The summed E-state index contributed by atoms with van der Waals surface area (Å²) in [5.74, 6) is -0.911. The second kappa shape index (κ2) is 5.17. The zero-order valence-electron chi connectivity index (χ0n) is 7.94. The van der Waals surface area contributed by atoms with E-state index in [1.807, 2.05) is 18.2 Å². The fraction of sp³-hybridized carbons (Fsp3) is 0.273. The van der Waals surface area contributed by atoms with Gasteiger partial charge in [0.2, 0.25) is 0 Å². The quantitative estimate of drug-likeness (QED) is 0.724. The minimum atomic E-state index is -0.911. The Bertz CT molecular complexity index is 319. The maximum Gasteiger partial charge on any atom is 0.330 e. The predicted molar refractivity (Wildman–Crippen MR) is 54.0 cm³/mol. The maximum absolute atomic E-state index is 10.4. The first-order valence-corrected chi connectivity index (χ1v) is 4.51. The minimum absolute atomic E-state index is 0.265.